The zero-order valence-electron chi connectivity index (χ0n) is 15.6. The maximum atomic E-state index is 12.7. The highest BCUT2D eigenvalue weighted by Gasteiger charge is 2.45. The molecule has 0 bridgehead atoms. The van der Waals surface area contributed by atoms with Gasteiger partial charge >= 0.3 is 6.09 Å². The second-order valence-electron chi connectivity index (χ2n) is 8.79. The molecule has 4 nitrogen and oxygen atoms in total. The van der Waals surface area contributed by atoms with Gasteiger partial charge in [-0.1, -0.05) is 32.0 Å². The van der Waals surface area contributed by atoms with Gasteiger partial charge in [0.1, 0.15) is 5.60 Å². The minimum atomic E-state index is -0.472. The third-order valence-electron chi connectivity index (χ3n) is 4.97. The maximum Gasteiger partial charge on any atom is 0.414 e. The Balaban J connectivity index is 1.81. The van der Waals surface area contributed by atoms with E-state index in [1.807, 2.05) is 25.7 Å². The first kappa shape index (κ1) is 17.3. The summed E-state index contributed by atoms with van der Waals surface area (Å²) >= 11 is 0. The zero-order valence-corrected chi connectivity index (χ0v) is 15.6. The fourth-order valence-electron chi connectivity index (χ4n) is 3.42. The molecule has 1 saturated carbocycles. The average molecular weight is 330 g/mol. The molecule has 0 saturated heterocycles. The third kappa shape index (κ3) is 3.75. The predicted octanol–water partition coefficient (Wildman–Crippen LogP) is 4.26. The summed E-state index contributed by atoms with van der Waals surface area (Å²) in [6, 6.07) is 6.94. The van der Waals surface area contributed by atoms with Crippen LogP contribution in [0.15, 0.2) is 18.2 Å². The van der Waals surface area contributed by atoms with E-state index in [1.165, 1.54) is 17.5 Å². The van der Waals surface area contributed by atoms with Crippen LogP contribution in [0.3, 0.4) is 0 Å². The topological polar surface area (TPSA) is 41.6 Å². The Kier molecular flexibility index (Phi) is 4.37. The first-order valence-electron chi connectivity index (χ1n) is 9.02. The summed E-state index contributed by atoms with van der Waals surface area (Å²) in [6.45, 7) is 11.9. The minimum absolute atomic E-state index is 0.234. The van der Waals surface area contributed by atoms with Crippen LogP contribution >= 0.6 is 0 Å². The second kappa shape index (κ2) is 6.07. The van der Waals surface area contributed by atoms with Crippen molar-refractivity contribution in [3.63, 3.8) is 0 Å². The second-order valence-corrected chi connectivity index (χ2v) is 8.79. The van der Waals surface area contributed by atoms with Gasteiger partial charge in [0.05, 0.1) is 5.69 Å². The quantitative estimate of drug-likeness (QED) is 0.900. The van der Waals surface area contributed by atoms with Gasteiger partial charge in [-0.15, -0.1) is 0 Å². The Bertz CT molecular complexity index is 631. The van der Waals surface area contributed by atoms with Crippen molar-refractivity contribution in [3.8, 4) is 0 Å². The predicted molar refractivity (Wildman–Crippen MR) is 97.4 cm³/mol. The number of amides is 1. The number of hydrogen-bond donors (Lipinski definition) is 1. The van der Waals surface area contributed by atoms with Gasteiger partial charge in [0.2, 0.25) is 0 Å². The molecule has 0 spiro atoms. The highest BCUT2D eigenvalue weighted by Crippen LogP contribution is 2.45. The molecule has 24 heavy (non-hydrogen) atoms. The van der Waals surface area contributed by atoms with Crippen LogP contribution in [0.4, 0.5) is 10.5 Å². The van der Waals surface area contributed by atoms with Crippen molar-refractivity contribution in [2.24, 2.45) is 5.41 Å². The van der Waals surface area contributed by atoms with Crippen LogP contribution in [0.2, 0.25) is 0 Å². The van der Waals surface area contributed by atoms with Crippen LogP contribution in [-0.4, -0.2) is 24.3 Å². The Hall–Kier alpha value is -1.55. The first-order valence-corrected chi connectivity index (χ1v) is 9.02. The number of ether oxygens (including phenoxy) is 1. The number of carbonyl (C=O) groups excluding carboxylic acids is 1. The molecule has 1 unspecified atom stereocenters. The molecule has 1 N–H and O–H groups in total. The Morgan fingerprint density at radius 1 is 1.38 bits per heavy atom. The molecule has 1 amide bonds. The van der Waals surface area contributed by atoms with E-state index in [0.29, 0.717) is 11.5 Å². The number of para-hydroxylation sites is 1. The number of rotatable bonds is 3. The molecule has 0 radical (unpaired) electrons. The normalized spacial score (nSPS) is 22.0. The lowest BCUT2D eigenvalue weighted by Crippen LogP contribution is -2.40. The summed E-state index contributed by atoms with van der Waals surface area (Å²) < 4.78 is 5.63. The molecule has 3 rings (SSSR count). The standard InChI is InChI=1S/C20H30N2O2/c1-19(2,3)24-18(23)22-11-7-10-14-8-6-9-15(17(14)22)13-21-16-12-20(16,4)5/h6,8-9,16,21H,7,10-13H2,1-5H3. The first-order chi connectivity index (χ1) is 11.2. The van der Waals surface area contributed by atoms with E-state index in [1.54, 1.807) is 0 Å². The molecule has 1 aliphatic heterocycles. The Morgan fingerprint density at radius 3 is 2.71 bits per heavy atom. The summed E-state index contributed by atoms with van der Waals surface area (Å²) in [5.41, 5.74) is 3.44. The van der Waals surface area contributed by atoms with Gasteiger partial charge in [-0.05, 0) is 56.6 Å². The van der Waals surface area contributed by atoms with Gasteiger partial charge < -0.3 is 10.1 Å². The number of fused-ring (bicyclic) bond motifs is 1. The lowest BCUT2D eigenvalue weighted by Gasteiger charge is -2.33. The molecule has 2 aliphatic rings. The third-order valence-corrected chi connectivity index (χ3v) is 4.97. The molecular weight excluding hydrogens is 300 g/mol. The van der Waals surface area contributed by atoms with Crippen molar-refractivity contribution >= 4 is 11.8 Å². The average Bonchev–Trinajstić information content (AvgIpc) is 3.09. The molecule has 1 aromatic carbocycles. The van der Waals surface area contributed by atoms with Gasteiger partial charge in [-0.2, -0.15) is 0 Å². The largest absolute Gasteiger partial charge is 0.443 e. The molecule has 1 atom stereocenters. The number of benzene rings is 1. The number of carbonyl (C=O) groups is 1. The van der Waals surface area contributed by atoms with Crippen LogP contribution in [-0.2, 0) is 17.7 Å². The van der Waals surface area contributed by atoms with E-state index in [2.05, 4.69) is 37.4 Å². The number of aryl methyl sites for hydroxylation is 1. The molecule has 4 heteroatoms. The van der Waals surface area contributed by atoms with Crippen LogP contribution in [0, 0.1) is 5.41 Å². The van der Waals surface area contributed by atoms with Gasteiger partial charge in [-0.25, -0.2) is 4.79 Å². The van der Waals surface area contributed by atoms with Gasteiger partial charge in [0.15, 0.2) is 0 Å². The minimum Gasteiger partial charge on any atom is -0.443 e. The van der Waals surface area contributed by atoms with Gasteiger partial charge in [0.25, 0.3) is 0 Å². The van der Waals surface area contributed by atoms with E-state index in [4.69, 9.17) is 4.74 Å². The summed E-state index contributed by atoms with van der Waals surface area (Å²) in [5, 5.41) is 3.64. The Labute approximate surface area is 145 Å². The van der Waals surface area contributed by atoms with E-state index >= 15 is 0 Å². The number of hydrogen-bond acceptors (Lipinski definition) is 3. The fraction of sp³-hybridized carbons (Fsp3) is 0.650. The molecular formula is C20H30N2O2. The van der Waals surface area contributed by atoms with Crippen LogP contribution in [0.5, 0.6) is 0 Å². The number of nitrogens with one attached hydrogen (secondary N) is 1. The monoisotopic (exact) mass is 330 g/mol. The van der Waals surface area contributed by atoms with Crippen molar-refractivity contribution in [2.75, 3.05) is 11.4 Å². The highest BCUT2D eigenvalue weighted by molar-refractivity contribution is 5.90. The lowest BCUT2D eigenvalue weighted by atomic mass is 9.97. The summed E-state index contributed by atoms with van der Waals surface area (Å²) in [5.74, 6) is 0. The molecule has 0 aromatic heterocycles. The molecule has 1 fully saturated rings. The molecule has 1 aliphatic carbocycles. The van der Waals surface area contributed by atoms with Crippen molar-refractivity contribution < 1.29 is 9.53 Å². The molecule has 1 heterocycles. The highest BCUT2D eigenvalue weighted by atomic mass is 16.6. The summed E-state index contributed by atoms with van der Waals surface area (Å²) in [4.78, 5) is 14.5. The van der Waals surface area contributed by atoms with E-state index < -0.39 is 5.60 Å². The molecule has 132 valence electrons. The maximum absolute atomic E-state index is 12.7. The van der Waals surface area contributed by atoms with Gasteiger partial charge in [0, 0.05) is 19.1 Å². The van der Waals surface area contributed by atoms with Crippen LogP contribution in [0.25, 0.3) is 0 Å². The zero-order chi connectivity index (χ0) is 17.5. The SMILES string of the molecule is CC(C)(C)OC(=O)N1CCCc2cccc(CNC3CC3(C)C)c21. The lowest BCUT2D eigenvalue weighted by molar-refractivity contribution is 0.0577. The van der Waals surface area contributed by atoms with Crippen LogP contribution in [0.1, 0.15) is 58.6 Å². The molecule has 1 aromatic rings. The fourth-order valence-corrected chi connectivity index (χ4v) is 3.42. The van der Waals surface area contributed by atoms with Crippen molar-refractivity contribution in [2.45, 2.75) is 72.1 Å². The van der Waals surface area contributed by atoms with Crippen LogP contribution < -0.4 is 10.2 Å². The van der Waals surface area contributed by atoms with E-state index in [0.717, 1.165) is 31.6 Å². The van der Waals surface area contributed by atoms with Crippen molar-refractivity contribution in [1.82, 2.24) is 5.32 Å². The smallest absolute Gasteiger partial charge is 0.414 e. The number of anilines is 1. The summed E-state index contributed by atoms with van der Waals surface area (Å²) in [7, 11) is 0. The van der Waals surface area contributed by atoms with Crippen molar-refractivity contribution in [3.05, 3.63) is 29.3 Å². The van der Waals surface area contributed by atoms with Crippen molar-refractivity contribution in [1.29, 1.82) is 0 Å². The Morgan fingerprint density at radius 2 is 2.08 bits per heavy atom. The van der Waals surface area contributed by atoms with Gasteiger partial charge in [-0.3, -0.25) is 4.90 Å². The summed E-state index contributed by atoms with van der Waals surface area (Å²) in [6.07, 6.45) is 3.00. The van der Waals surface area contributed by atoms with E-state index in [9.17, 15) is 4.79 Å². The van der Waals surface area contributed by atoms with E-state index in [-0.39, 0.29) is 6.09 Å². The number of nitrogens with zero attached hydrogens (tertiary/aromatic N) is 1.